The highest BCUT2D eigenvalue weighted by atomic mass is 35.5. The highest BCUT2D eigenvalue weighted by molar-refractivity contribution is 7.89. The molecule has 28 heavy (non-hydrogen) atoms. The van der Waals surface area contributed by atoms with Gasteiger partial charge in [0.15, 0.2) is 0 Å². The zero-order valence-electron chi connectivity index (χ0n) is 15.3. The number of aryl methyl sites for hydroxylation is 1. The van der Waals surface area contributed by atoms with Gasteiger partial charge in [0.25, 0.3) is 0 Å². The van der Waals surface area contributed by atoms with Gasteiger partial charge in [0, 0.05) is 23.0 Å². The second kappa shape index (κ2) is 8.18. The van der Waals surface area contributed by atoms with Gasteiger partial charge in [-0.05, 0) is 43.7 Å². The van der Waals surface area contributed by atoms with Crippen LogP contribution in [0.1, 0.15) is 12.5 Å². The van der Waals surface area contributed by atoms with Crippen LogP contribution in [0, 0.1) is 6.92 Å². The minimum absolute atomic E-state index is 0.0874. The predicted octanol–water partition coefficient (Wildman–Crippen LogP) is 3.92. The summed E-state index contributed by atoms with van der Waals surface area (Å²) in [7, 11) is -3.83. The number of esters is 1. The number of halogens is 1. The molecule has 146 valence electrons. The number of hydrogen-bond donors (Lipinski definition) is 2. The number of sulfonamides is 1. The molecular formula is C20H19ClN2O4S. The summed E-state index contributed by atoms with van der Waals surface area (Å²) < 4.78 is 32.4. The zero-order chi connectivity index (χ0) is 20.3. The number of benzene rings is 2. The van der Waals surface area contributed by atoms with Gasteiger partial charge in [0.2, 0.25) is 10.0 Å². The van der Waals surface area contributed by atoms with Crippen LogP contribution in [0.25, 0.3) is 11.3 Å². The quantitative estimate of drug-likeness (QED) is 0.594. The molecule has 3 aromatic rings. The first-order valence-corrected chi connectivity index (χ1v) is 10.4. The van der Waals surface area contributed by atoms with Crippen molar-refractivity contribution in [3.05, 3.63) is 71.4 Å². The van der Waals surface area contributed by atoms with Crippen LogP contribution in [-0.2, 0) is 14.8 Å². The number of nitrogens with one attached hydrogen (secondary N) is 2. The lowest BCUT2D eigenvalue weighted by Crippen LogP contribution is -2.40. The highest BCUT2D eigenvalue weighted by Crippen LogP contribution is 2.24. The Balaban J connectivity index is 1.66. The molecule has 0 radical (unpaired) electrons. The predicted molar refractivity (Wildman–Crippen MR) is 108 cm³/mol. The molecule has 0 aliphatic rings. The van der Waals surface area contributed by atoms with E-state index in [-0.39, 0.29) is 10.6 Å². The van der Waals surface area contributed by atoms with Crippen LogP contribution in [-0.4, -0.2) is 25.4 Å². The molecule has 8 heteroatoms. The second-order valence-electron chi connectivity index (χ2n) is 6.33. The lowest BCUT2D eigenvalue weighted by atomic mass is 10.2. The maximum Gasteiger partial charge on any atom is 0.329 e. The van der Waals surface area contributed by atoms with Gasteiger partial charge in [-0.2, -0.15) is 4.72 Å². The molecule has 1 atom stereocenters. The van der Waals surface area contributed by atoms with Crippen molar-refractivity contribution in [2.75, 3.05) is 0 Å². The van der Waals surface area contributed by atoms with Crippen molar-refractivity contribution < 1.29 is 17.9 Å². The fraction of sp³-hybridized carbons (Fsp3) is 0.150. The Bertz CT molecular complexity index is 1070. The van der Waals surface area contributed by atoms with Crippen molar-refractivity contribution in [3.63, 3.8) is 0 Å². The molecule has 1 heterocycles. The number of ether oxygens (including phenoxy) is 1. The van der Waals surface area contributed by atoms with Crippen molar-refractivity contribution in [1.29, 1.82) is 0 Å². The summed E-state index contributed by atoms with van der Waals surface area (Å²) in [6.07, 6.45) is 1.53. The topological polar surface area (TPSA) is 88.3 Å². The molecule has 0 saturated heterocycles. The van der Waals surface area contributed by atoms with Crippen LogP contribution in [0.3, 0.4) is 0 Å². The molecule has 1 aromatic heterocycles. The molecule has 3 rings (SSSR count). The summed E-state index contributed by atoms with van der Waals surface area (Å²) in [5.41, 5.74) is 2.56. The molecule has 0 aliphatic carbocycles. The van der Waals surface area contributed by atoms with E-state index < -0.39 is 22.0 Å². The van der Waals surface area contributed by atoms with Gasteiger partial charge < -0.3 is 9.72 Å². The third-order valence-corrected chi connectivity index (χ3v) is 5.86. The Morgan fingerprint density at radius 3 is 2.39 bits per heavy atom. The minimum Gasteiger partial charge on any atom is -0.424 e. The Morgan fingerprint density at radius 1 is 1.11 bits per heavy atom. The number of carbonyl (C=O) groups excluding carboxylic acids is 1. The average molecular weight is 419 g/mol. The largest absolute Gasteiger partial charge is 0.424 e. The van der Waals surface area contributed by atoms with E-state index in [4.69, 9.17) is 16.3 Å². The number of aromatic nitrogens is 1. The smallest absolute Gasteiger partial charge is 0.329 e. The van der Waals surface area contributed by atoms with Gasteiger partial charge >= 0.3 is 5.97 Å². The number of carbonyl (C=O) groups is 1. The summed E-state index contributed by atoms with van der Waals surface area (Å²) >= 11 is 5.88. The fourth-order valence-corrected chi connectivity index (χ4v) is 3.82. The SMILES string of the molecule is Cc1ccc(S(=O)(=O)NC(C)C(=O)Oc2c[nH]c(-c3ccc(Cl)cc3)c2)cc1. The van der Waals surface area contributed by atoms with Crippen molar-refractivity contribution in [2.45, 2.75) is 24.8 Å². The second-order valence-corrected chi connectivity index (χ2v) is 8.48. The van der Waals surface area contributed by atoms with Crippen molar-refractivity contribution in [3.8, 4) is 17.0 Å². The molecule has 0 fully saturated rings. The van der Waals surface area contributed by atoms with Crippen LogP contribution < -0.4 is 9.46 Å². The lowest BCUT2D eigenvalue weighted by molar-refractivity contribution is -0.135. The van der Waals surface area contributed by atoms with E-state index in [1.165, 1.54) is 25.3 Å². The molecule has 2 aromatic carbocycles. The van der Waals surface area contributed by atoms with E-state index >= 15 is 0 Å². The maximum absolute atomic E-state index is 12.4. The summed E-state index contributed by atoms with van der Waals surface area (Å²) in [6, 6.07) is 14.1. The summed E-state index contributed by atoms with van der Waals surface area (Å²) in [4.78, 5) is 15.4. The number of rotatable bonds is 6. The van der Waals surface area contributed by atoms with Crippen molar-refractivity contribution in [1.82, 2.24) is 9.71 Å². The third kappa shape index (κ3) is 4.81. The Kier molecular flexibility index (Phi) is 5.88. The summed E-state index contributed by atoms with van der Waals surface area (Å²) in [5.74, 6) is -0.423. The van der Waals surface area contributed by atoms with Gasteiger partial charge in [0.1, 0.15) is 11.8 Å². The Labute approximate surface area is 168 Å². The van der Waals surface area contributed by atoms with Gasteiger partial charge in [-0.1, -0.05) is 41.4 Å². The van der Waals surface area contributed by atoms with E-state index in [1.54, 1.807) is 30.3 Å². The van der Waals surface area contributed by atoms with Crippen molar-refractivity contribution in [2.24, 2.45) is 0 Å². The first-order valence-electron chi connectivity index (χ1n) is 8.50. The van der Waals surface area contributed by atoms with Crippen LogP contribution in [0.4, 0.5) is 0 Å². The van der Waals surface area contributed by atoms with E-state index in [0.29, 0.717) is 5.02 Å². The van der Waals surface area contributed by atoms with Gasteiger partial charge in [-0.3, -0.25) is 0 Å². The van der Waals surface area contributed by atoms with Crippen LogP contribution in [0.2, 0.25) is 5.02 Å². The van der Waals surface area contributed by atoms with Gasteiger partial charge in [-0.25, -0.2) is 13.2 Å². The number of hydrogen-bond acceptors (Lipinski definition) is 4. The van der Waals surface area contributed by atoms with E-state index in [2.05, 4.69) is 9.71 Å². The average Bonchev–Trinajstić information content (AvgIpc) is 3.10. The molecule has 1 unspecified atom stereocenters. The lowest BCUT2D eigenvalue weighted by Gasteiger charge is -2.13. The summed E-state index contributed by atoms with van der Waals surface area (Å²) in [6.45, 7) is 3.29. The highest BCUT2D eigenvalue weighted by Gasteiger charge is 2.23. The van der Waals surface area contributed by atoms with Crippen LogP contribution >= 0.6 is 11.6 Å². The van der Waals surface area contributed by atoms with Gasteiger partial charge in [-0.15, -0.1) is 0 Å². The maximum atomic E-state index is 12.4. The van der Waals surface area contributed by atoms with Crippen LogP contribution in [0.5, 0.6) is 5.75 Å². The molecule has 2 N–H and O–H groups in total. The van der Waals surface area contributed by atoms with E-state index in [9.17, 15) is 13.2 Å². The first-order chi connectivity index (χ1) is 13.2. The van der Waals surface area contributed by atoms with Crippen LogP contribution in [0.15, 0.2) is 65.7 Å². The monoisotopic (exact) mass is 418 g/mol. The number of H-pyrrole nitrogens is 1. The Morgan fingerprint density at radius 2 is 1.75 bits per heavy atom. The normalized spacial score (nSPS) is 12.5. The molecule has 0 saturated carbocycles. The van der Waals surface area contributed by atoms with Crippen molar-refractivity contribution >= 4 is 27.6 Å². The van der Waals surface area contributed by atoms with Gasteiger partial charge in [0.05, 0.1) is 4.90 Å². The minimum atomic E-state index is -3.83. The molecule has 0 amide bonds. The zero-order valence-corrected chi connectivity index (χ0v) is 16.8. The molecular weight excluding hydrogens is 400 g/mol. The third-order valence-electron chi connectivity index (χ3n) is 4.05. The molecule has 6 nitrogen and oxygen atoms in total. The van der Waals surface area contributed by atoms with E-state index in [1.807, 2.05) is 19.1 Å². The molecule has 0 bridgehead atoms. The van der Waals surface area contributed by atoms with E-state index in [0.717, 1.165) is 16.8 Å². The molecule has 0 spiro atoms. The Hall–Kier alpha value is -2.61. The first kappa shape index (κ1) is 20.1. The summed E-state index contributed by atoms with van der Waals surface area (Å²) in [5, 5.41) is 0.622. The fourth-order valence-electron chi connectivity index (χ4n) is 2.50. The standard InChI is InChI=1S/C20H19ClN2O4S/c1-13-3-9-18(10-4-13)28(25,26)23-14(2)20(24)27-17-11-19(22-12-17)15-5-7-16(21)8-6-15/h3-12,14,22-23H,1-2H3. The molecule has 0 aliphatic heterocycles. The number of aromatic amines is 1.